The molecule has 1 atom stereocenters. The van der Waals surface area contributed by atoms with Crippen molar-refractivity contribution in [3.8, 4) is 0 Å². The number of halogens is 2. The summed E-state index contributed by atoms with van der Waals surface area (Å²) in [5, 5.41) is 5.97. The van der Waals surface area contributed by atoms with Crippen LogP contribution in [0.15, 0.2) is 29.3 Å². The van der Waals surface area contributed by atoms with Crippen LogP contribution in [0.3, 0.4) is 0 Å². The molecule has 1 aliphatic rings. The Morgan fingerprint density at radius 2 is 2.06 bits per heavy atom. The molecule has 4 rings (SSSR count). The number of fused-ring (bicyclic) bond motifs is 1. The maximum atomic E-state index is 13.4. The fraction of sp³-hybridized carbons (Fsp3) is 0.409. The molecule has 1 fully saturated rings. The van der Waals surface area contributed by atoms with Crippen LogP contribution in [-0.2, 0) is 16.1 Å². The molecule has 1 aromatic carbocycles. The monoisotopic (exact) mass is 490 g/mol. The summed E-state index contributed by atoms with van der Waals surface area (Å²) in [6.07, 6.45) is 2.85. The maximum Gasteiger partial charge on any atom is 0.273 e. The fourth-order valence-corrected chi connectivity index (χ4v) is 4.78. The molecule has 1 saturated heterocycles. The van der Waals surface area contributed by atoms with Gasteiger partial charge in [-0.1, -0.05) is 11.3 Å². The number of carbonyl (C=O) groups is 2. The van der Waals surface area contributed by atoms with Gasteiger partial charge in [0, 0.05) is 30.9 Å². The molecule has 34 heavy (non-hydrogen) atoms. The van der Waals surface area contributed by atoms with Gasteiger partial charge in [-0.05, 0) is 38.8 Å². The lowest BCUT2D eigenvalue weighted by atomic mass is 9.97. The van der Waals surface area contributed by atoms with Crippen LogP contribution in [0.25, 0.3) is 10.3 Å². The fourth-order valence-electron chi connectivity index (χ4n) is 3.78. The van der Waals surface area contributed by atoms with Crippen LogP contribution in [0, 0.1) is 17.6 Å². The molecule has 1 aliphatic heterocycles. The molecule has 0 unspecified atom stereocenters. The van der Waals surface area contributed by atoms with E-state index >= 15 is 0 Å². The van der Waals surface area contributed by atoms with Crippen LogP contribution in [0.4, 0.5) is 19.6 Å². The lowest BCUT2D eigenvalue weighted by molar-refractivity contribution is -0.125. The topological polar surface area (TPSA) is 109 Å². The molecule has 0 radical (unpaired) electrons. The van der Waals surface area contributed by atoms with E-state index in [1.54, 1.807) is 0 Å². The van der Waals surface area contributed by atoms with E-state index in [0.29, 0.717) is 16.4 Å². The van der Waals surface area contributed by atoms with Crippen molar-refractivity contribution < 1.29 is 18.4 Å². The van der Waals surface area contributed by atoms with Gasteiger partial charge in [0.15, 0.2) is 22.4 Å². The van der Waals surface area contributed by atoms with Gasteiger partial charge in [0.1, 0.15) is 17.6 Å². The first-order valence-electron chi connectivity index (χ1n) is 10.9. The second kappa shape index (κ2) is 9.84. The van der Waals surface area contributed by atoms with Gasteiger partial charge in [-0.15, -0.1) is 0 Å². The third-order valence-corrected chi connectivity index (χ3v) is 6.48. The second-order valence-corrected chi connectivity index (χ2v) is 9.43. The predicted octanol–water partition coefficient (Wildman–Crippen LogP) is 2.51. The van der Waals surface area contributed by atoms with Gasteiger partial charge in [-0.25, -0.2) is 13.8 Å². The first kappa shape index (κ1) is 23.7. The summed E-state index contributed by atoms with van der Waals surface area (Å²) in [6.45, 7) is 4.70. The molecular formula is C22H24F2N6O3S. The molecule has 0 bridgehead atoms. The number of thiazole rings is 1. The van der Waals surface area contributed by atoms with E-state index in [2.05, 4.69) is 20.6 Å². The molecule has 2 amide bonds. The highest BCUT2D eigenvalue weighted by molar-refractivity contribution is 7.22. The van der Waals surface area contributed by atoms with Crippen molar-refractivity contribution in [3.63, 3.8) is 0 Å². The predicted molar refractivity (Wildman–Crippen MR) is 125 cm³/mol. The molecule has 180 valence electrons. The quantitative estimate of drug-likeness (QED) is 0.550. The second-order valence-electron chi connectivity index (χ2n) is 8.45. The molecule has 2 aromatic heterocycles. The number of benzene rings is 1. The van der Waals surface area contributed by atoms with E-state index in [0.717, 1.165) is 36.1 Å². The highest BCUT2D eigenvalue weighted by atomic mass is 32.1. The van der Waals surface area contributed by atoms with Crippen molar-refractivity contribution in [3.05, 3.63) is 46.5 Å². The smallest absolute Gasteiger partial charge is 0.273 e. The van der Waals surface area contributed by atoms with Crippen LogP contribution in [0.5, 0.6) is 0 Å². The van der Waals surface area contributed by atoms with Crippen LogP contribution < -0.4 is 21.1 Å². The van der Waals surface area contributed by atoms with Crippen LogP contribution in [-0.4, -0.2) is 45.5 Å². The molecule has 3 aromatic rings. The normalized spacial score (nSPS) is 16.1. The number of carbonyl (C=O) groups excluding carboxylic acids is 2. The van der Waals surface area contributed by atoms with E-state index < -0.39 is 23.1 Å². The first-order valence-corrected chi connectivity index (χ1v) is 11.7. The van der Waals surface area contributed by atoms with E-state index in [1.165, 1.54) is 23.7 Å². The Bertz CT molecular complexity index is 1290. The zero-order chi connectivity index (χ0) is 24.4. The average Bonchev–Trinajstić information content (AvgIpc) is 3.23. The minimum Gasteiger partial charge on any atom is -0.354 e. The largest absolute Gasteiger partial charge is 0.354 e. The standard InChI is InChI=1S/C22H24F2N6O3S/c1-12(2)26-20(32)13-4-3-7-29(9-13)22-28-19-18(34-22)21(33)30(11-25-19)10-17(31)27-14-5-6-15(23)16(24)8-14/h5-6,8,11-13H,3-4,7,9-10H2,1-2H3,(H,26,32)(H,27,31)/t13-/m1/s1. The molecular weight excluding hydrogens is 466 g/mol. The Balaban J connectivity index is 1.49. The number of anilines is 2. The van der Waals surface area contributed by atoms with Crippen molar-refractivity contribution in [2.24, 2.45) is 5.92 Å². The number of rotatable bonds is 6. The molecule has 0 saturated carbocycles. The summed E-state index contributed by atoms with van der Waals surface area (Å²) in [5.41, 5.74) is -0.0801. The summed E-state index contributed by atoms with van der Waals surface area (Å²) in [4.78, 5) is 48.3. The summed E-state index contributed by atoms with van der Waals surface area (Å²) >= 11 is 1.17. The molecule has 9 nitrogen and oxygen atoms in total. The third kappa shape index (κ3) is 5.22. The van der Waals surface area contributed by atoms with Gasteiger partial charge in [0.05, 0.1) is 5.92 Å². The lowest BCUT2D eigenvalue weighted by Gasteiger charge is -2.32. The van der Waals surface area contributed by atoms with Crippen LogP contribution in [0.1, 0.15) is 26.7 Å². The SMILES string of the molecule is CC(C)NC(=O)[C@@H]1CCCN(c2nc3ncn(CC(=O)Nc4ccc(F)c(F)c4)c(=O)c3s2)C1. The van der Waals surface area contributed by atoms with Crippen molar-refractivity contribution >= 4 is 44.3 Å². The van der Waals surface area contributed by atoms with Gasteiger partial charge in [-0.2, -0.15) is 4.98 Å². The number of piperidine rings is 1. The van der Waals surface area contributed by atoms with Gasteiger partial charge >= 0.3 is 0 Å². The molecule has 12 heteroatoms. The number of amides is 2. The average molecular weight is 491 g/mol. The molecule has 2 N–H and O–H groups in total. The van der Waals surface area contributed by atoms with E-state index in [1.807, 2.05) is 18.7 Å². The Labute approximate surface area is 197 Å². The Hall–Kier alpha value is -3.41. The highest BCUT2D eigenvalue weighted by Gasteiger charge is 2.28. The van der Waals surface area contributed by atoms with Crippen molar-refractivity contribution in [2.75, 3.05) is 23.3 Å². The van der Waals surface area contributed by atoms with Gasteiger partial charge in [0.2, 0.25) is 11.8 Å². The minimum absolute atomic E-state index is 0.00772. The lowest BCUT2D eigenvalue weighted by Crippen LogP contribution is -2.44. The summed E-state index contributed by atoms with van der Waals surface area (Å²) in [5.74, 6) is -2.85. The molecule has 3 heterocycles. The van der Waals surface area contributed by atoms with E-state index in [-0.39, 0.29) is 35.7 Å². The highest BCUT2D eigenvalue weighted by Crippen LogP contribution is 2.29. The number of nitrogens with zero attached hydrogens (tertiary/aromatic N) is 4. The maximum absolute atomic E-state index is 13.4. The van der Waals surface area contributed by atoms with Gasteiger partial charge in [-0.3, -0.25) is 19.0 Å². The Kier molecular flexibility index (Phi) is 6.87. The third-order valence-electron chi connectivity index (χ3n) is 5.38. The van der Waals surface area contributed by atoms with E-state index in [4.69, 9.17) is 0 Å². The van der Waals surface area contributed by atoms with Gasteiger partial charge < -0.3 is 15.5 Å². The summed E-state index contributed by atoms with van der Waals surface area (Å²) < 4.78 is 27.8. The summed E-state index contributed by atoms with van der Waals surface area (Å²) in [6, 6.07) is 3.05. The van der Waals surface area contributed by atoms with Gasteiger partial charge in [0.25, 0.3) is 5.56 Å². The number of hydrogen-bond acceptors (Lipinski definition) is 7. The minimum atomic E-state index is -1.09. The molecule has 0 spiro atoms. The zero-order valence-corrected chi connectivity index (χ0v) is 19.5. The Morgan fingerprint density at radius 3 is 2.79 bits per heavy atom. The van der Waals surface area contributed by atoms with Crippen LogP contribution in [0.2, 0.25) is 0 Å². The first-order chi connectivity index (χ1) is 16.2. The summed E-state index contributed by atoms with van der Waals surface area (Å²) in [7, 11) is 0. The van der Waals surface area contributed by atoms with E-state index in [9.17, 15) is 23.2 Å². The van der Waals surface area contributed by atoms with Crippen LogP contribution >= 0.6 is 11.3 Å². The van der Waals surface area contributed by atoms with Crippen molar-refractivity contribution in [1.29, 1.82) is 0 Å². The number of hydrogen-bond donors (Lipinski definition) is 2. The number of aromatic nitrogens is 3. The molecule has 0 aliphatic carbocycles. The zero-order valence-electron chi connectivity index (χ0n) is 18.7. The van der Waals surface area contributed by atoms with Crippen molar-refractivity contribution in [2.45, 2.75) is 39.3 Å². The van der Waals surface area contributed by atoms with Crippen molar-refractivity contribution in [1.82, 2.24) is 19.9 Å². The number of nitrogens with one attached hydrogen (secondary N) is 2. The Morgan fingerprint density at radius 1 is 1.26 bits per heavy atom.